The number of aryl methyl sites for hydroxylation is 1. The molecule has 0 radical (unpaired) electrons. The van der Waals surface area contributed by atoms with E-state index in [2.05, 4.69) is 0 Å². The summed E-state index contributed by atoms with van der Waals surface area (Å²) in [5.41, 5.74) is 1.59. The highest BCUT2D eigenvalue weighted by Crippen LogP contribution is 2.19. The molecule has 122 valence electrons. The second-order valence-corrected chi connectivity index (χ2v) is 7.81. The zero-order chi connectivity index (χ0) is 16.2. The molecule has 5 nitrogen and oxygen atoms in total. The maximum atomic E-state index is 12.5. The van der Waals surface area contributed by atoms with Gasteiger partial charge >= 0.3 is 0 Å². The van der Waals surface area contributed by atoms with Crippen LogP contribution in [0.15, 0.2) is 24.3 Å². The Morgan fingerprint density at radius 3 is 2.14 bits per heavy atom. The molecule has 0 N–H and O–H groups in total. The van der Waals surface area contributed by atoms with E-state index in [1.165, 1.54) is 4.31 Å². The number of rotatable bonds is 4. The molecule has 0 saturated carbocycles. The Kier molecular flexibility index (Phi) is 5.45. The van der Waals surface area contributed by atoms with E-state index in [0.717, 1.165) is 50.6 Å². The third-order valence-electron chi connectivity index (χ3n) is 3.96. The van der Waals surface area contributed by atoms with Crippen LogP contribution in [0, 0.1) is 6.92 Å². The van der Waals surface area contributed by atoms with Gasteiger partial charge in [-0.15, -0.1) is 0 Å². The number of amides is 1. The first-order valence-electron chi connectivity index (χ1n) is 7.70. The summed E-state index contributed by atoms with van der Waals surface area (Å²) in [6.45, 7) is 3.27. The molecule has 1 heterocycles. The fourth-order valence-corrected chi connectivity index (χ4v) is 3.50. The Hall–Kier alpha value is -1.56. The van der Waals surface area contributed by atoms with E-state index in [4.69, 9.17) is 0 Å². The number of carbonyl (C=O) groups excluding carboxylic acids is 1. The van der Waals surface area contributed by atoms with Crippen molar-refractivity contribution in [2.24, 2.45) is 0 Å². The van der Waals surface area contributed by atoms with Gasteiger partial charge in [0.15, 0.2) is 0 Å². The number of nitrogens with zero attached hydrogens (tertiary/aromatic N) is 2. The van der Waals surface area contributed by atoms with E-state index < -0.39 is 10.0 Å². The predicted octanol–water partition coefficient (Wildman–Crippen LogP) is 2.16. The van der Waals surface area contributed by atoms with E-state index in [0.29, 0.717) is 5.69 Å². The van der Waals surface area contributed by atoms with E-state index in [1.807, 2.05) is 19.1 Å². The third-order valence-corrected chi connectivity index (χ3v) is 5.10. The minimum atomic E-state index is -3.49. The fraction of sp³-hybridized carbons (Fsp3) is 0.562. The summed E-state index contributed by atoms with van der Waals surface area (Å²) in [5.74, 6) is -0.118. The lowest BCUT2D eigenvalue weighted by Crippen LogP contribution is -2.43. The second kappa shape index (κ2) is 7.13. The standard InChI is InChI=1S/C16H24N2O3S/c1-14-7-9-15(10-8-14)18(22(2,20)21)13-16(19)17-11-5-3-4-6-12-17/h7-10H,3-6,11-13H2,1-2H3. The van der Waals surface area contributed by atoms with Gasteiger partial charge in [-0.2, -0.15) is 0 Å². The van der Waals surface area contributed by atoms with Crippen LogP contribution >= 0.6 is 0 Å². The molecule has 22 heavy (non-hydrogen) atoms. The van der Waals surface area contributed by atoms with Gasteiger partial charge < -0.3 is 4.90 Å². The zero-order valence-electron chi connectivity index (χ0n) is 13.3. The first-order valence-corrected chi connectivity index (χ1v) is 9.55. The van der Waals surface area contributed by atoms with Crippen LogP contribution in [0.25, 0.3) is 0 Å². The second-order valence-electron chi connectivity index (χ2n) is 5.90. The van der Waals surface area contributed by atoms with Crippen molar-refractivity contribution in [3.63, 3.8) is 0 Å². The SMILES string of the molecule is Cc1ccc(N(CC(=O)N2CCCCCC2)S(C)(=O)=O)cc1. The van der Waals surface area contributed by atoms with Crippen LogP contribution < -0.4 is 4.31 Å². The number of hydrogen-bond donors (Lipinski definition) is 0. The molecule has 0 aliphatic carbocycles. The quantitative estimate of drug-likeness (QED) is 0.853. The lowest BCUT2D eigenvalue weighted by Gasteiger charge is -2.26. The number of anilines is 1. The van der Waals surface area contributed by atoms with Gasteiger partial charge in [-0.05, 0) is 31.9 Å². The molecular formula is C16H24N2O3S. The van der Waals surface area contributed by atoms with Crippen LogP contribution in [-0.2, 0) is 14.8 Å². The normalized spacial score (nSPS) is 16.2. The average molecular weight is 324 g/mol. The van der Waals surface area contributed by atoms with E-state index in [1.54, 1.807) is 17.0 Å². The largest absolute Gasteiger partial charge is 0.341 e. The molecule has 0 bridgehead atoms. The third kappa shape index (κ3) is 4.47. The highest BCUT2D eigenvalue weighted by Gasteiger charge is 2.24. The van der Waals surface area contributed by atoms with Crippen LogP contribution in [0.3, 0.4) is 0 Å². The first kappa shape index (κ1) is 16.8. The Labute approximate surface area is 133 Å². The minimum absolute atomic E-state index is 0.118. The Morgan fingerprint density at radius 2 is 1.64 bits per heavy atom. The molecule has 1 aromatic carbocycles. The van der Waals surface area contributed by atoms with Crippen molar-refractivity contribution in [3.05, 3.63) is 29.8 Å². The summed E-state index contributed by atoms with van der Waals surface area (Å²) in [7, 11) is -3.49. The average Bonchev–Trinajstić information content (AvgIpc) is 2.73. The van der Waals surface area contributed by atoms with Crippen molar-refractivity contribution in [1.82, 2.24) is 4.90 Å². The van der Waals surface area contributed by atoms with Crippen molar-refractivity contribution in [2.45, 2.75) is 32.6 Å². The van der Waals surface area contributed by atoms with Crippen molar-refractivity contribution >= 4 is 21.6 Å². The van der Waals surface area contributed by atoms with E-state index in [9.17, 15) is 13.2 Å². The monoisotopic (exact) mass is 324 g/mol. The van der Waals surface area contributed by atoms with Crippen LogP contribution in [0.2, 0.25) is 0 Å². The minimum Gasteiger partial charge on any atom is -0.341 e. The maximum Gasteiger partial charge on any atom is 0.243 e. The molecule has 0 unspecified atom stereocenters. The lowest BCUT2D eigenvalue weighted by molar-refractivity contribution is -0.129. The van der Waals surface area contributed by atoms with Crippen LogP contribution in [0.1, 0.15) is 31.2 Å². The number of hydrogen-bond acceptors (Lipinski definition) is 3. The molecule has 0 spiro atoms. The van der Waals surface area contributed by atoms with Gasteiger partial charge in [0, 0.05) is 13.1 Å². The van der Waals surface area contributed by atoms with Crippen molar-refractivity contribution < 1.29 is 13.2 Å². The molecule has 2 rings (SSSR count). The zero-order valence-corrected chi connectivity index (χ0v) is 14.1. The molecular weight excluding hydrogens is 300 g/mol. The summed E-state index contributed by atoms with van der Waals surface area (Å²) in [6.07, 6.45) is 5.40. The Balaban J connectivity index is 2.16. The number of likely N-dealkylation sites (tertiary alicyclic amines) is 1. The van der Waals surface area contributed by atoms with Gasteiger partial charge in [0.2, 0.25) is 15.9 Å². The summed E-state index contributed by atoms with van der Waals surface area (Å²) in [5, 5.41) is 0. The summed E-state index contributed by atoms with van der Waals surface area (Å²) in [6, 6.07) is 7.19. The summed E-state index contributed by atoms with van der Waals surface area (Å²) in [4.78, 5) is 14.3. The van der Waals surface area contributed by atoms with Crippen LogP contribution in [0.4, 0.5) is 5.69 Å². The Morgan fingerprint density at radius 1 is 1.09 bits per heavy atom. The molecule has 0 aromatic heterocycles. The Bertz CT molecular complexity index is 603. The van der Waals surface area contributed by atoms with Crippen molar-refractivity contribution in [3.8, 4) is 0 Å². The maximum absolute atomic E-state index is 12.5. The van der Waals surface area contributed by atoms with Gasteiger partial charge in [-0.3, -0.25) is 9.10 Å². The van der Waals surface area contributed by atoms with Gasteiger partial charge in [0.05, 0.1) is 11.9 Å². The summed E-state index contributed by atoms with van der Waals surface area (Å²) >= 11 is 0. The number of carbonyl (C=O) groups is 1. The van der Waals surface area contributed by atoms with Gasteiger partial charge in [0.1, 0.15) is 6.54 Å². The molecule has 1 aromatic rings. The highest BCUT2D eigenvalue weighted by atomic mass is 32.2. The molecule has 0 atom stereocenters. The van der Waals surface area contributed by atoms with Crippen molar-refractivity contribution in [2.75, 3.05) is 30.2 Å². The van der Waals surface area contributed by atoms with Crippen LogP contribution in [-0.4, -0.2) is 45.1 Å². The van der Waals surface area contributed by atoms with Gasteiger partial charge in [-0.25, -0.2) is 8.42 Å². The molecule has 1 amide bonds. The number of sulfonamides is 1. The number of benzene rings is 1. The molecule has 1 aliphatic rings. The predicted molar refractivity (Wildman–Crippen MR) is 88.4 cm³/mol. The van der Waals surface area contributed by atoms with E-state index in [-0.39, 0.29) is 12.5 Å². The van der Waals surface area contributed by atoms with E-state index >= 15 is 0 Å². The van der Waals surface area contributed by atoms with Gasteiger partial charge in [0.25, 0.3) is 0 Å². The molecule has 1 saturated heterocycles. The highest BCUT2D eigenvalue weighted by molar-refractivity contribution is 7.92. The van der Waals surface area contributed by atoms with Gasteiger partial charge in [-0.1, -0.05) is 30.5 Å². The molecule has 1 fully saturated rings. The smallest absolute Gasteiger partial charge is 0.243 e. The first-order chi connectivity index (χ1) is 10.4. The lowest BCUT2D eigenvalue weighted by atomic mass is 10.2. The van der Waals surface area contributed by atoms with Crippen molar-refractivity contribution in [1.29, 1.82) is 0 Å². The van der Waals surface area contributed by atoms with Crippen LogP contribution in [0.5, 0.6) is 0 Å². The topological polar surface area (TPSA) is 57.7 Å². The molecule has 1 aliphatic heterocycles. The summed E-state index contributed by atoms with van der Waals surface area (Å²) < 4.78 is 25.3. The molecule has 6 heteroatoms. The fourth-order valence-electron chi connectivity index (χ4n) is 2.65.